The van der Waals surface area contributed by atoms with Gasteiger partial charge in [-0.05, 0) is 19.9 Å². The average molecular weight is 244 g/mol. The van der Waals surface area contributed by atoms with E-state index in [-0.39, 0.29) is 5.78 Å². The van der Waals surface area contributed by atoms with Crippen molar-refractivity contribution in [2.45, 2.75) is 20.4 Å². The predicted octanol–water partition coefficient (Wildman–Crippen LogP) is 2.45. The van der Waals surface area contributed by atoms with Crippen molar-refractivity contribution in [1.29, 1.82) is 0 Å². The Kier molecular flexibility index (Phi) is 3.46. The molecule has 94 valence electrons. The molecule has 2 rings (SSSR count). The normalized spacial score (nSPS) is 10.4. The van der Waals surface area contributed by atoms with Gasteiger partial charge in [-0.25, -0.2) is 0 Å². The second kappa shape index (κ2) is 5.04. The van der Waals surface area contributed by atoms with E-state index in [2.05, 4.69) is 5.10 Å². The molecule has 0 bridgehead atoms. The minimum absolute atomic E-state index is 0.0603. The highest BCUT2D eigenvalue weighted by Gasteiger charge is 2.20. The number of aromatic nitrogens is 2. The number of nitrogens with zero attached hydrogens (tertiary/aromatic N) is 2. The van der Waals surface area contributed by atoms with E-state index < -0.39 is 0 Å². The first-order valence-electron chi connectivity index (χ1n) is 5.88. The second-order valence-electron chi connectivity index (χ2n) is 4.08. The van der Waals surface area contributed by atoms with Crippen molar-refractivity contribution in [3.63, 3.8) is 0 Å². The fraction of sp³-hybridized carbons (Fsp3) is 0.286. The molecule has 1 aromatic heterocycles. The number of ketones is 1. The Labute approximate surface area is 106 Å². The number of rotatable bonds is 4. The minimum atomic E-state index is -0.0603. The lowest BCUT2D eigenvalue weighted by Crippen LogP contribution is -2.11. The molecule has 0 spiro atoms. The molecule has 0 aliphatic carbocycles. The molecule has 0 fully saturated rings. The molecule has 4 heteroatoms. The number of benzene rings is 1. The van der Waals surface area contributed by atoms with Crippen molar-refractivity contribution in [2.75, 3.05) is 7.11 Å². The maximum Gasteiger partial charge on any atom is 0.214 e. The van der Waals surface area contributed by atoms with E-state index in [4.69, 9.17) is 4.74 Å². The summed E-state index contributed by atoms with van der Waals surface area (Å²) in [5.74, 6) is 0.457. The number of methoxy groups -OCH3 is 1. The highest BCUT2D eigenvalue weighted by molar-refractivity contribution is 6.09. The van der Waals surface area contributed by atoms with Crippen LogP contribution >= 0.6 is 0 Å². The van der Waals surface area contributed by atoms with Crippen LogP contribution < -0.4 is 4.74 Å². The summed E-state index contributed by atoms with van der Waals surface area (Å²) in [6, 6.07) is 7.52. The Balaban J connectivity index is 2.48. The fourth-order valence-corrected chi connectivity index (χ4v) is 1.91. The number of hydrogen-bond acceptors (Lipinski definition) is 3. The molecule has 0 N–H and O–H groups in total. The van der Waals surface area contributed by atoms with Gasteiger partial charge in [0.15, 0.2) is 11.4 Å². The first-order chi connectivity index (χ1) is 8.67. The quantitative estimate of drug-likeness (QED) is 0.776. The van der Waals surface area contributed by atoms with Gasteiger partial charge in [0.1, 0.15) is 0 Å². The van der Waals surface area contributed by atoms with Gasteiger partial charge in [0.05, 0.1) is 13.3 Å². The van der Waals surface area contributed by atoms with Crippen molar-refractivity contribution in [2.24, 2.45) is 0 Å². The van der Waals surface area contributed by atoms with Crippen LogP contribution in [0.3, 0.4) is 0 Å². The first kappa shape index (κ1) is 12.4. The minimum Gasteiger partial charge on any atom is -0.493 e. The van der Waals surface area contributed by atoms with Crippen molar-refractivity contribution in [3.05, 3.63) is 47.3 Å². The van der Waals surface area contributed by atoms with E-state index >= 15 is 0 Å². The van der Waals surface area contributed by atoms with Gasteiger partial charge in [0.2, 0.25) is 5.78 Å². The third-order valence-electron chi connectivity index (χ3n) is 2.82. The smallest absolute Gasteiger partial charge is 0.214 e. The lowest BCUT2D eigenvalue weighted by molar-refractivity contribution is 0.102. The highest BCUT2D eigenvalue weighted by Crippen LogP contribution is 2.21. The Morgan fingerprint density at radius 3 is 2.83 bits per heavy atom. The third kappa shape index (κ3) is 2.14. The van der Waals surface area contributed by atoms with Crippen LogP contribution in [0.2, 0.25) is 0 Å². The maximum absolute atomic E-state index is 12.5. The van der Waals surface area contributed by atoms with Gasteiger partial charge in [-0.1, -0.05) is 23.8 Å². The third-order valence-corrected chi connectivity index (χ3v) is 2.82. The fourth-order valence-electron chi connectivity index (χ4n) is 1.91. The highest BCUT2D eigenvalue weighted by atomic mass is 16.5. The maximum atomic E-state index is 12.5. The lowest BCUT2D eigenvalue weighted by Gasteiger charge is -2.07. The molecule has 0 saturated heterocycles. The Morgan fingerprint density at radius 1 is 1.44 bits per heavy atom. The molecule has 0 saturated carbocycles. The van der Waals surface area contributed by atoms with Gasteiger partial charge in [-0.15, -0.1) is 0 Å². The summed E-state index contributed by atoms with van der Waals surface area (Å²) in [5.41, 5.74) is 2.22. The molecular weight excluding hydrogens is 228 g/mol. The monoisotopic (exact) mass is 244 g/mol. The molecule has 4 nitrogen and oxygen atoms in total. The molecule has 0 aliphatic rings. The van der Waals surface area contributed by atoms with Crippen LogP contribution in [0.15, 0.2) is 30.5 Å². The second-order valence-corrected chi connectivity index (χ2v) is 4.08. The van der Waals surface area contributed by atoms with E-state index in [9.17, 15) is 4.79 Å². The summed E-state index contributed by atoms with van der Waals surface area (Å²) in [7, 11) is 1.55. The van der Waals surface area contributed by atoms with Crippen molar-refractivity contribution in [3.8, 4) is 5.75 Å². The summed E-state index contributed by atoms with van der Waals surface area (Å²) in [5, 5.41) is 4.15. The summed E-state index contributed by atoms with van der Waals surface area (Å²) in [6.07, 6.45) is 1.58. The molecule has 0 radical (unpaired) electrons. The molecule has 0 unspecified atom stereocenters. The van der Waals surface area contributed by atoms with Crippen LogP contribution in [0.1, 0.15) is 28.5 Å². The zero-order valence-electron chi connectivity index (χ0n) is 10.8. The summed E-state index contributed by atoms with van der Waals surface area (Å²) < 4.78 is 6.85. The van der Waals surface area contributed by atoms with Crippen LogP contribution in [0.25, 0.3) is 0 Å². The molecule has 2 aromatic rings. The Hall–Kier alpha value is -2.10. The predicted molar refractivity (Wildman–Crippen MR) is 69.1 cm³/mol. The number of carbonyl (C=O) groups excluding carboxylic acids is 1. The van der Waals surface area contributed by atoms with Crippen LogP contribution in [0.5, 0.6) is 5.75 Å². The van der Waals surface area contributed by atoms with Crippen LogP contribution in [-0.4, -0.2) is 22.7 Å². The zero-order chi connectivity index (χ0) is 13.1. The van der Waals surface area contributed by atoms with E-state index in [1.807, 2.05) is 38.1 Å². The SMILES string of the molecule is CCn1ncc(OC)c1C(=O)c1cccc(C)c1. The van der Waals surface area contributed by atoms with E-state index in [0.717, 1.165) is 5.56 Å². The summed E-state index contributed by atoms with van der Waals surface area (Å²) in [6.45, 7) is 4.54. The largest absolute Gasteiger partial charge is 0.493 e. The van der Waals surface area contributed by atoms with Crippen LogP contribution in [0.4, 0.5) is 0 Å². The zero-order valence-corrected chi connectivity index (χ0v) is 10.8. The Bertz CT molecular complexity index is 551. The molecule has 0 atom stereocenters. The average Bonchev–Trinajstić information content (AvgIpc) is 2.80. The molecular formula is C14H16N2O2. The van der Waals surface area contributed by atoms with Crippen molar-refractivity contribution in [1.82, 2.24) is 9.78 Å². The topological polar surface area (TPSA) is 44.1 Å². The number of hydrogen-bond donors (Lipinski definition) is 0. The number of aryl methyl sites for hydroxylation is 2. The summed E-state index contributed by atoms with van der Waals surface area (Å²) >= 11 is 0. The van der Waals surface area contributed by atoms with Crippen LogP contribution in [0, 0.1) is 6.92 Å². The first-order valence-corrected chi connectivity index (χ1v) is 5.88. The molecule has 0 aliphatic heterocycles. The molecule has 1 aromatic carbocycles. The van der Waals surface area contributed by atoms with Crippen molar-refractivity contribution < 1.29 is 9.53 Å². The summed E-state index contributed by atoms with van der Waals surface area (Å²) in [4.78, 5) is 12.5. The standard InChI is InChI=1S/C14H16N2O2/c1-4-16-13(12(18-3)9-15-16)14(17)11-7-5-6-10(2)8-11/h5-9H,4H2,1-3H3. The molecule has 0 amide bonds. The van der Waals surface area contributed by atoms with Crippen molar-refractivity contribution >= 4 is 5.78 Å². The van der Waals surface area contributed by atoms with Gasteiger partial charge in [0.25, 0.3) is 0 Å². The van der Waals surface area contributed by atoms with Gasteiger partial charge in [-0.2, -0.15) is 5.10 Å². The van der Waals surface area contributed by atoms with Gasteiger partial charge in [-0.3, -0.25) is 9.48 Å². The van der Waals surface area contributed by atoms with Gasteiger partial charge in [0, 0.05) is 12.1 Å². The van der Waals surface area contributed by atoms with Crippen LogP contribution in [-0.2, 0) is 6.54 Å². The Morgan fingerprint density at radius 2 is 2.22 bits per heavy atom. The lowest BCUT2D eigenvalue weighted by atomic mass is 10.1. The van der Waals surface area contributed by atoms with Gasteiger partial charge >= 0.3 is 0 Å². The number of carbonyl (C=O) groups is 1. The van der Waals surface area contributed by atoms with E-state index in [1.54, 1.807) is 18.0 Å². The molecule has 18 heavy (non-hydrogen) atoms. The van der Waals surface area contributed by atoms with E-state index in [0.29, 0.717) is 23.6 Å². The molecule has 1 heterocycles. The van der Waals surface area contributed by atoms with Gasteiger partial charge < -0.3 is 4.74 Å². The number of ether oxygens (including phenoxy) is 1. The van der Waals surface area contributed by atoms with E-state index in [1.165, 1.54) is 0 Å².